The van der Waals surface area contributed by atoms with E-state index in [0.717, 1.165) is 29.3 Å². The average Bonchev–Trinajstić information content (AvgIpc) is 3.24. The minimum atomic E-state index is -3.22. The number of benzene rings is 2. The highest BCUT2D eigenvalue weighted by molar-refractivity contribution is 7.89. The van der Waals surface area contributed by atoms with Crippen LogP contribution >= 0.6 is 11.6 Å². The Bertz CT molecular complexity index is 1530. The van der Waals surface area contributed by atoms with Crippen LogP contribution in [0.15, 0.2) is 54.9 Å². The van der Waals surface area contributed by atoms with Gasteiger partial charge in [-0.1, -0.05) is 18.5 Å². The molecule has 0 aliphatic carbocycles. The van der Waals surface area contributed by atoms with Crippen molar-refractivity contribution in [3.8, 4) is 23.3 Å². The molecule has 8 nitrogen and oxygen atoms in total. The van der Waals surface area contributed by atoms with Gasteiger partial charge in [0.05, 0.1) is 28.4 Å². The molecule has 0 aliphatic rings. The Morgan fingerprint density at radius 3 is 2.71 bits per heavy atom. The Balaban J connectivity index is 1.55. The first-order valence-corrected chi connectivity index (χ1v) is 13.3. The monoisotopic (exact) mass is 510 g/mol. The van der Waals surface area contributed by atoms with E-state index in [2.05, 4.69) is 16.0 Å². The maximum Gasteiger partial charge on any atom is 0.155 e. The molecule has 2 heterocycles. The molecule has 0 radical (unpaired) electrons. The molecule has 35 heavy (non-hydrogen) atoms. The molecule has 0 N–H and O–H groups in total. The molecule has 0 bridgehead atoms. The summed E-state index contributed by atoms with van der Waals surface area (Å²) in [4.78, 5) is 8.27. The second kappa shape index (κ2) is 10.3. The summed E-state index contributed by atoms with van der Waals surface area (Å²) in [5.74, 6) is 1.06. The topological polar surface area (TPSA) is 107 Å². The van der Waals surface area contributed by atoms with Crippen LogP contribution in [0.3, 0.4) is 0 Å². The van der Waals surface area contributed by atoms with Crippen molar-refractivity contribution in [2.75, 3.05) is 12.9 Å². The number of rotatable bonds is 9. The molecule has 180 valence electrons. The van der Waals surface area contributed by atoms with Crippen molar-refractivity contribution in [3.05, 3.63) is 77.0 Å². The summed E-state index contributed by atoms with van der Waals surface area (Å²) in [7, 11) is -3.22. The third-order valence-electron chi connectivity index (χ3n) is 5.08. The standard InChI is InChI=1S/C25H23ClN4O4S/c1-3-10-33-25-18(14-27)11-20(13-22(25)26)30-9-7-17-12-21(4-5-23(17)30)34-15-19-6-8-28-24(29-19)16-35(2,31)32/h4-9,11-13H,3,10,15-16H2,1-2H3. The van der Waals surface area contributed by atoms with E-state index in [0.29, 0.717) is 34.4 Å². The maximum atomic E-state index is 11.5. The Kier molecular flexibility index (Phi) is 7.24. The van der Waals surface area contributed by atoms with Gasteiger partial charge in [0.15, 0.2) is 15.6 Å². The van der Waals surface area contributed by atoms with E-state index in [-0.39, 0.29) is 18.2 Å². The minimum Gasteiger partial charge on any atom is -0.491 e. The maximum absolute atomic E-state index is 11.5. The molecule has 10 heteroatoms. The Morgan fingerprint density at radius 2 is 1.97 bits per heavy atom. The van der Waals surface area contributed by atoms with Gasteiger partial charge in [-0.2, -0.15) is 5.26 Å². The van der Waals surface area contributed by atoms with E-state index in [1.807, 2.05) is 42.0 Å². The van der Waals surface area contributed by atoms with Crippen LogP contribution in [0.1, 0.15) is 30.4 Å². The summed E-state index contributed by atoms with van der Waals surface area (Å²) in [5, 5.41) is 10.9. The van der Waals surface area contributed by atoms with Crippen LogP contribution in [-0.4, -0.2) is 35.8 Å². The number of fused-ring (bicyclic) bond motifs is 1. The van der Waals surface area contributed by atoms with Crippen molar-refractivity contribution in [1.82, 2.24) is 14.5 Å². The summed E-state index contributed by atoms with van der Waals surface area (Å²) in [6.07, 6.45) is 5.38. The molecule has 0 atom stereocenters. The summed E-state index contributed by atoms with van der Waals surface area (Å²) >= 11 is 6.44. The molecular weight excluding hydrogens is 488 g/mol. The van der Waals surface area contributed by atoms with Gasteiger partial charge in [0, 0.05) is 29.7 Å². The van der Waals surface area contributed by atoms with Gasteiger partial charge in [0.1, 0.15) is 30.0 Å². The van der Waals surface area contributed by atoms with Gasteiger partial charge in [-0.3, -0.25) is 0 Å². The van der Waals surface area contributed by atoms with E-state index in [1.54, 1.807) is 18.2 Å². The highest BCUT2D eigenvalue weighted by atomic mass is 35.5. The zero-order valence-corrected chi connectivity index (χ0v) is 20.8. The SMILES string of the molecule is CCCOc1c(Cl)cc(-n2ccc3cc(OCc4ccnc(CS(C)(=O)=O)n4)ccc32)cc1C#N. The molecule has 0 spiro atoms. The molecule has 4 rings (SSSR count). The molecule has 0 saturated heterocycles. The summed E-state index contributed by atoms with van der Waals surface area (Å²) in [6.45, 7) is 2.64. The molecular formula is C25H23ClN4O4S. The fourth-order valence-electron chi connectivity index (χ4n) is 3.57. The van der Waals surface area contributed by atoms with Gasteiger partial charge >= 0.3 is 0 Å². The molecule has 0 amide bonds. The minimum absolute atomic E-state index is 0.172. The summed E-state index contributed by atoms with van der Waals surface area (Å²) < 4.78 is 36.5. The predicted octanol–water partition coefficient (Wildman–Crippen LogP) is 4.86. The fourth-order valence-corrected chi connectivity index (χ4v) is 4.45. The number of hydrogen-bond acceptors (Lipinski definition) is 7. The lowest BCUT2D eigenvalue weighted by Gasteiger charge is -2.13. The van der Waals surface area contributed by atoms with Crippen LogP contribution in [0, 0.1) is 11.3 Å². The molecule has 4 aromatic rings. The number of ether oxygens (including phenoxy) is 2. The lowest BCUT2D eigenvalue weighted by molar-refractivity contribution is 0.301. The van der Waals surface area contributed by atoms with Crippen molar-refractivity contribution in [1.29, 1.82) is 5.26 Å². The van der Waals surface area contributed by atoms with E-state index >= 15 is 0 Å². The van der Waals surface area contributed by atoms with Crippen LogP contribution in [-0.2, 0) is 22.2 Å². The van der Waals surface area contributed by atoms with Gasteiger partial charge in [-0.15, -0.1) is 0 Å². The number of hydrogen-bond donors (Lipinski definition) is 0. The Labute approximate surface area is 208 Å². The third-order valence-corrected chi connectivity index (χ3v) is 6.14. The predicted molar refractivity (Wildman–Crippen MR) is 134 cm³/mol. The quantitative estimate of drug-likeness (QED) is 0.316. The Morgan fingerprint density at radius 1 is 1.14 bits per heavy atom. The Hall–Kier alpha value is -3.61. The first-order valence-electron chi connectivity index (χ1n) is 10.9. The fraction of sp³-hybridized carbons (Fsp3) is 0.240. The van der Waals surface area contributed by atoms with E-state index in [4.69, 9.17) is 21.1 Å². The first kappa shape index (κ1) is 24.5. The smallest absolute Gasteiger partial charge is 0.155 e. The second-order valence-corrected chi connectivity index (χ2v) is 10.5. The molecule has 0 aliphatic heterocycles. The van der Waals surface area contributed by atoms with Gasteiger partial charge in [0.2, 0.25) is 0 Å². The van der Waals surface area contributed by atoms with Crippen molar-refractivity contribution in [3.63, 3.8) is 0 Å². The average molecular weight is 511 g/mol. The lowest BCUT2D eigenvalue weighted by atomic mass is 10.2. The van der Waals surface area contributed by atoms with Crippen LogP contribution in [0.4, 0.5) is 0 Å². The van der Waals surface area contributed by atoms with Crippen LogP contribution < -0.4 is 9.47 Å². The zero-order valence-electron chi connectivity index (χ0n) is 19.2. The number of nitrogens with zero attached hydrogens (tertiary/aromatic N) is 4. The third kappa shape index (κ3) is 5.91. The van der Waals surface area contributed by atoms with Gasteiger partial charge in [-0.25, -0.2) is 18.4 Å². The molecule has 2 aromatic carbocycles. The van der Waals surface area contributed by atoms with Gasteiger partial charge in [0.25, 0.3) is 0 Å². The summed E-state index contributed by atoms with van der Waals surface area (Å²) in [5.41, 5.74) is 2.62. The normalized spacial score (nSPS) is 11.4. The largest absolute Gasteiger partial charge is 0.491 e. The molecule has 0 unspecified atom stereocenters. The van der Waals surface area contributed by atoms with Crippen LogP contribution in [0.5, 0.6) is 11.5 Å². The zero-order chi connectivity index (χ0) is 25.0. The highest BCUT2D eigenvalue weighted by Gasteiger charge is 2.14. The molecule has 0 fully saturated rings. The molecule has 2 aromatic heterocycles. The number of sulfone groups is 1. The van der Waals surface area contributed by atoms with Crippen molar-refractivity contribution in [2.24, 2.45) is 0 Å². The highest BCUT2D eigenvalue weighted by Crippen LogP contribution is 2.33. The summed E-state index contributed by atoms with van der Waals surface area (Å²) in [6, 6.07) is 15.0. The van der Waals surface area contributed by atoms with Crippen LogP contribution in [0.25, 0.3) is 16.6 Å². The number of nitriles is 1. The van der Waals surface area contributed by atoms with E-state index in [1.165, 1.54) is 6.20 Å². The van der Waals surface area contributed by atoms with Crippen molar-refractivity contribution >= 4 is 32.3 Å². The van der Waals surface area contributed by atoms with Gasteiger partial charge in [-0.05, 0) is 48.9 Å². The van der Waals surface area contributed by atoms with Crippen molar-refractivity contribution < 1.29 is 17.9 Å². The number of aromatic nitrogens is 3. The second-order valence-electron chi connectivity index (χ2n) is 7.99. The van der Waals surface area contributed by atoms with Crippen LogP contribution in [0.2, 0.25) is 5.02 Å². The van der Waals surface area contributed by atoms with E-state index in [9.17, 15) is 13.7 Å². The molecule has 0 saturated carbocycles. The van der Waals surface area contributed by atoms with Gasteiger partial charge < -0.3 is 14.0 Å². The lowest BCUT2D eigenvalue weighted by Crippen LogP contribution is -2.07. The van der Waals surface area contributed by atoms with Crippen molar-refractivity contribution in [2.45, 2.75) is 25.7 Å². The number of halogens is 1. The van der Waals surface area contributed by atoms with E-state index < -0.39 is 9.84 Å². The first-order chi connectivity index (χ1) is 16.8.